The fraction of sp³-hybridized carbons (Fsp3) is 0.933. The minimum Gasteiger partial charge on any atom is -0.353 e. The van der Waals surface area contributed by atoms with Crippen LogP contribution in [0.15, 0.2) is 0 Å². The lowest BCUT2D eigenvalue weighted by Gasteiger charge is -2.38. The molecule has 6 heteroatoms. The first-order chi connectivity index (χ1) is 9.70. The summed E-state index contributed by atoms with van der Waals surface area (Å²) in [5, 5.41) is 2.87. The SMILES string of the molecule is CC1(N)CCCCC1C(=O)NC1CCC(S(C)(=O)=O)CC1. The molecule has 0 aromatic carbocycles. The average molecular weight is 316 g/mol. The molecule has 0 bridgehead atoms. The van der Waals surface area contributed by atoms with E-state index >= 15 is 0 Å². The quantitative estimate of drug-likeness (QED) is 0.823. The molecule has 5 nitrogen and oxygen atoms in total. The monoisotopic (exact) mass is 316 g/mol. The minimum absolute atomic E-state index is 0.0579. The maximum atomic E-state index is 12.5. The summed E-state index contributed by atoms with van der Waals surface area (Å²) in [6.07, 6.45) is 8.00. The highest BCUT2D eigenvalue weighted by Crippen LogP contribution is 2.32. The van der Waals surface area contributed by atoms with Crippen molar-refractivity contribution >= 4 is 15.7 Å². The lowest BCUT2D eigenvalue weighted by molar-refractivity contribution is -0.129. The van der Waals surface area contributed by atoms with E-state index in [-0.39, 0.29) is 23.1 Å². The molecule has 0 aromatic heterocycles. The molecule has 2 rings (SSSR count). The van der Waals surface area contributed by atoms with Gasteiger partial charge >= 0.3 is 0 Å². The summed E-state index contributed by atoms with van der Waals surface area (Å²) in [6.45, 7) is 1.97. The standard InChI is InChI=1S/C15H28N2O3S/c1-15(16)10-4-3-5-13(15)14(18)17-11-6-8-12(9-7-11)21(2,19)20/h11-13H,3-10,16H2,1-2H3,(H,17,18). The number of amides is 1. The van der Waals surface area contributed by atoms with E-state index in [9.17, 15) is 13.2 Å². The first-order valence-electron chi connectivity index (χ1n) is 7.98. The maximum absolute atomic E-state index is 12.5. The van der Waals surface area contributed by atoms with E-state index in [1.54, 1.807) is 0 Å². The van der Waals surface area contributed by atoms with Gasteiger partial charge in [0, 0.05) is 17.8 Å². The number of nitrogens with one attached hydrogen (secondary N) is 1. The molecule has 0 saturated heterocycles. The van der Waals surface area contributed by atoms with E-state index in [1.807, 2.05) is 6.92 Å². The molecule has 0 aromatic rings. The number of carbonyl (C=O) groups excluding carboxylic acids is 1. The summed E-state index contributed by atoms with van der Waals surface area (Å²) < 4.78 is 23.1. The van der Waals surface area contributed by atoms with Gasteiger partial charge in [-0.2, -0.15) is 0 Å². The lowest BCUT2D eigenvalue weighted by atomic mass is 9.74. The Morgan fingerprint density at radius 2 is 1.76 bits per heavy atom. The van der Waals surface area contributed by atoms with Gasteiger partial charge in [0.1, 0.15) is 9.84 Å². The minimum atomic E-state index is -2.95. The Bertz CT molecular complexity index is 479. The first kappa shape index (κ1) is 16.7. The summed E-state index contributed by atoms with van der Waals surface area (Å²) >= 11 is 0. The topological polar surface area (TPSA) is 89.3 Å². The van der Waals surface area contributed by atoms with E-state index in [4.69, 9.17) is 5.73 Å². The number of hydrogen-bond donors (Lipinski definition) is 2. The second-order valence-electron chi connectivity index (χ2n) is 7.12. The van der Waals surface area contributed by atoms with E-state index < -0.39 is 15.4 Å². The third-order valence-electron chi connectivity index (χ3n) is 5.20. The number of hydrogen-bond acceptors (Lipinski definition) is 4. The second-order valence-corrected chi connectivity index (χ2v) is 9.44. The molecule has 2 unspecified atom stereocenters. The maximum Gasteiger partial charge on any atom is 0.225 e. The summed E-state index contributed by atoms with van der Waals surface area (Å²) in [4.78, 5) is 12.5. The van der Waals surface area contributed by atoms with Crippen LogP contribution in [0.1, 0.15) is 58.3 Å². The van der Waals surface area contributed by atoms with Gasteiger partial charge < -0.3 is 11.1 Å². The van der Waals surface area contributed by atoms with E-state index in [1.165, 1.54) is 6.26 Å². The Morgan fingerprint density at radius 1 is 1.14 bits per heavy atom. The van der Waals surface area contributed by atoms with Crippen LogP contribution in [-0.2, 0) is 14.6 Å². The number of nitrogens with two attached hydrogens (primary N) is 1. The highest BCUT2D eigenvalue weighted by Gasteiger charge is 2.39. The Morgan fingerprint density at radius 3 is 2.29 bits per heavy atom. The van der Waals surface area contributed by atoms with Gasteiger partial charge in [-0.3, -0.25) is 4.79 Å². The van der Waals surface area contributed by atoms with Gasteiger partial charge in [0.2, 0.25) is 5.91 Å². The van der Waals surface area contributed by atoms with Crippen molar-refractivity contribution < 1.29 is 13.2 Å². The van der Waals surface area contributed by atoms with Crippen LogP contribution in [0.4, 0.5) is 0 Å². The molecule has 2 fully saturated rings. The smallest absolute Gasteiger partial charge is 0.225 e. The summed E-state index contributed by atoms with van der Waals surface area (Å²) in [5.74, 6) is -0.0543. The molecule has 1 amide bonds. The van der Waals surface area contributed by atoms with Gasteiger partial charge in [0.15, 0.2) is 0 Å². The Balaban J connectivity index is 1.87. The largest absolute Gasteiger partial charge is 0.353 e. The van der Waals surface area contributed by atoms with Crippen LogP contribution in [0.5, 0.6) is 0 Å². The van der Waals surface area contributed by atoms with Gasteiger partial charge in [0.05, 0.1) is 11.2 Å². The zero-order valence-electron chi connectivity index (χ0n) is 13.1. The zero-order chi connectivity index (χ0) is 15.7. The van der Waals surface area contributed by atoms with Crippen LogP contribution in [0.25, 0.3) is 0 Å². The highest BCUT2D eigenvalue weighted by atomic mass is 32.2. The van der Waals surface area contributed by atoms with Gasteiger partial charge in [-0.05, 0) is 45.4 Å². The van der Waals surface area contributed by atoms with Crippen LogP contribution in [-0.4, -0.2) is 37.4 Å². The Kier molecular flexibility index (Phi) is 4.98. The van der Waals surface area contributed by atoms with Crippen molar-refractivity contribution in [2.75, 3.05) is 6.26 Å². The fourth-order valence-electron chi connectivity index (χ4n) is 3.73. The van der Waals surface area contributed by atoms with Gasteiger partial charge in [0.25, 0.3) is 0 Å². The first-order valence-corrected chi connectivity index (χ1v) is 9.94. The van der Waals surface area contributed by atoms with Crippen LogP contribution in [0, 0.1) is 5.92 Å². The van der Waals surface area contributed by atoms with Crippen LogP contribution >= 0.6 is 0 Å². The average Bonchev–Trinajstić information content (AvgIpc) is 2.37. The van der Waals surface area contributed by atoms with Crippen molar-refractivity contribution in [3.05, 3.63) is 0 Å². The molecule has 0 heterocycles. The van der Waals surface area contributed by atoms with Crippen molar-refractivity contribution in [1.82, 2.24) is 5.32 Å². The van der Waals surface area contributed by atoms with Crippen LogP contribution in [0.3, 0.4) is 0 Å². The fourth-order valence-corrected chi connectivity index (χ4v) is 4.85. The third-order valence-corrected chi connectivity index (χ3v) is 6.88. The molecule has 2 atom stereocenters. The summed E-state index contributed by atoms with van der Waals surface area (Å²) in [7, 11) is -2.95. The summed E-state index contributed by atoms with van der Waals surface area (Å²) in [6, 6.07) is 0.105. The molecule has 2 aliphatic carbocycles. The molecule has 2 saturated carbocycles. The van der Waals surface area contributed by atoms with Crippen LogP contribution in [0.2, 0.25) is 0 Å². The molecule has 21 heavy (non-hydrogen) atoms. The molecule has 0 aliphatic heterocycles. The summed E-state index contributed by atoms with van der Waals surface area (Å²) in [5.41, 5.74) is 5.86. The van der Waals surface area contributed by atoms with Crippen molar-refractivity contribution in [2.24, 2.45) is 11.7 Å². The molecule has 0 radical (unpaired) electrons. The van der Waals surface area contributed by atoms with Crippen LogP contribution < -0.4 is 11.1 Å². The van der Waals surface area contributed by atoms with E-state index in [0.717, 1.165) is 38.5 Å². The number of sulfone groups is 1. The molecular weight excluding hydrogens is 288 g/mol. The molecule has 3 N–H and O–H groups in total. The van der Waals surface area contributed by atoms with E-state index in [0.29, 0.717) is 12.8 Å². The predicted octanol–water partition coefficient (Wildman–Crippen LogP) is 1.37. The van der Waals surface area contributed by atoms with Crippen molar-refractivity contribution in [1.29, 1.82) is 0 Å². The van der Waals surface area contributed by atoms with Gasteiger partial charge in [-0.15, -0.1) is 0 Å². The van der Waals surface area contributed by atoms with Gasteiger partial charge in [-0.1, -0.05) is 12.8 Å². The van der Waals surface area contributed by atoms with Crippen molar-refractivity contribution in [3.63, 3.8) is 0 Å². The van der Waals surface area contributed by atoms with E-state index in [2.05, 4.69) is 5.32 Å². The highest BCUT2D eigenvalue weighted by molar-refractivity contribution is 7.91. The number of carbonyl (C=O) groups is 1. The Hall–Kier alpha value is -0.620. The molecule has 2 aliphatic rings. The normalized spacial score (nSPS) is 38.0. The van der Waals surface area contributed by atoms with Gasteiger partial charge in [-0.25, -0.2) is 8.42 Å². The molecule has 0 spiro atoms. The Labute approximate surface area is 128 Å². The molecular formula is C15H28N2O3S. The van der Waals surface area contributed by atoms with Crippen molar-refractivity contribution in [2.45, 2.75) is 75.1 Å². The third kappa shape index (κ3) is 4.19. The molecule has 122 valence electrons. The zero-order valence-corrected chi connectivity index (χ0v) is 13.9. The number of rotatable bonds is 3. The lowest BCUT2D eigenvalue weighted by Crippen LogP contribution is -2.54. The second kappa shape index (κ2) is 6.24. The van der Waals surface area contributed by atoms with Crippen molar-refractivity contribution in [3.8, 4) is 0 Å². The predicted molar refractivity (Wildman–Crippen MR) is 83.6 cm³/mol.